The zero-order valence-electron chi connectivity index (χ0n) is 15.3. The fourth-order valence-electron chi connectivity index (χ4n) is 2.66. The second kappa shape index (κ2) is 9.36. The molecule has 3 rings (SSSR count). The molecule has 0 bridgehead atoms. The Morgan fingerprint density at radius 1 is 1.14 bits per heavy atom. The molecule has 1 aromatic carbocycles. The highest BCUT2D eigenvalue weighted by molar-refractivity contribution is 8.04. The second-order valence-corrected chi connectivity index (χ2v) is 7.14. The molecule has 0 fully saturated rings. The van der Waals surface area contributed by atoms with E-state index in [-0.39, 0.29) is 21.9 Å². The number of carbonyl (C=O) groups is 3. The summed E-state index contributed by atoms with van der Waals surface area (Å²) in [6.07, 6.45) is 3.92. The fraction of sp³-hybridized carbons (Fsp3) is 0.300. The number of hydrogen-bond donors (Lipinski definition) is 0. The number of benzene rings is 1. The van der Waals surface area contributed by atoms with Gasteiger partial charge >= 0.3 is 5.97 Å². The zero-order chi connectivity index (χ0) is 19.9. The van der Waals surface area contributed by atoms with Crippen molar-refractivity contribution in [3.63, 3.8) is 0 Å². The molecule has 0 N–H and O–H groups in total. The van der Waals surface area contributed by atoms with Crippen molar-refractivity contribution < 1.29 is 28.4 Å². The number of esters is 1. The molecule has 2 aromatic rings. The van der Waals surface area contributed by atoms with Gasteiger partial charge in [0.2, 0.25) is 23.0 Å². The summed E-state index contributed by atoms with van der Waals surface area (Å²) < 4.78 is 15.1. The van der Waals surface area contributed by atoms with E-state index in [2.05, 4.69) is 9.89 Å². The summed E-state index contributed by atoms with van der Waals surface area (Å²) in [5.41, 5.74) is -0.377. The lowest BCUT2D eigenvalue weighted by atomic mass is 10.00. The van der Waals surface area contributed by atoms with Gasteiger partial charge in [-0.25, -0.2) is 4.79 Å². The van der Waals surface area contributed by atoms with Crippen LogP contribution in [0.1, 0.15) is 50.7 Å². The number of rotatable bonds is 9. The average molecular weight is 401 g/mol. The van der Waals surface area contributed by atoms with Gasteiger partial charge in [-0.3, -0.25) is 9.59 Å². The number of aromatic nitrogens is 1. The Kier molecular flexibility index (Phi) is 6.65. The number of ketones is 2. The highest BCUT2D eigenvalue weighted by Crippen LogP contribution is 2.31. The standard InChI is InChI=1S/C20H19NO6S/c1-25-20(24)17-16-18(23)15(12-14(22)19(16)27-21-17)28-11-7-3-6-10-26-13-8-4-2-5-9-13/h2,4-5,8-9,12H,3,6-7,10-11H2,1H3. The summed E-state index contributed by atoms with van der Waals surface area (Å²) in [4.78, 5) is 36.8. The maximum atomic E-state index is 12.6. The van der Waals surface area contributed by atoms with Crippen molar-refractivity contribution in [2.24, 2.45) is 0 Å². The molecule has 28 heavy (non-hydrogen) atoms. The molecular formula is C20H19NO6S. The number of nitrogens with zero attached hydrogens (tertiary/aromatic N) is 1. The molecular weight excluding hydrogens is 382 g/mol. The summed E-state index contributed by atoms with van der Waals surface area (Å²) in [6.45, 7) is 0.626. The molecule has 7 nitrogen and oxygen atoms in total. The molecule has 1 heterocycles. The molecule has 0 amide bonds. The Morgan fingerprint density at radius 2 is 1.93 bits per heavy atom. The average Bonchev–Trinajstić information content (AvgIpc) is 3.17. The van der Waals surface area contributed by atoms with Crippen LogP contribution in [-0.2, 0) is 4.74 Å². The van der Waals surface area contributed by atoms with Crippen LogP contribution >= 0.6 is 11.8 Å². The minimum absolute atomic E-state index is 0.113. The highest BCUT2D eigenvalue weighted by Gasteiger charge is 2.36. The van der Waals surface area contributed by atoms with Crippen LogP contribution in [-0.4, -0.2) is 42.2 Å². The summed E-state index contributed by atoms with van der Waals surface area (Å²) in [7, 11) is 1.17. The first-order chi connectivity index (χ1) is 13.6. The van der Waals surface area contributed by atoms with Crippen LogP contribution in [0.2, 0.25) is 0 Å². The van der Waals surface area contributed by atoms with Gasteiger partial charge in [0, 0.05) is 6.08 Å². The first-order valence-electron chi connectivity index (χ1n) is 8.81. The Bertz CT molecular complexity index is 903. The predicted octanol–water partition coefficient (Wildman–Crippen LogP) is 3.71. The van der Waals surface area contributed by atoms with Crippen LogP contribution in [0.25, 0.3) is 0 Å². The van der Waals surface area contributed by atoms with Gasteiger partial charge in [-0.05, 0) is 37.1 Å². The molecule has 0 saturated carbocycles. The molecule has 1 aliphatic carbocycles. The lowest BCUT2D eigenvalue weighted by Gasteiger charge is -2.10. The smallest absolute Gasteiger partial charge is 0.361 e. The minimum atomic E-state index is -0.809. The second-order valence-electron chi connectivity index (χ2n) is 6.00. The van der Waals surface area contributed by atoms with Gasteiger partial charge in [0.05, 0.1) is 18.6 Å². The molecule has 0 atom stereocenters. The summed E-state index contributed by atoms with van der Waals surface area (Å²) in [6, 6.07) is 9.61. The van der Waals surface area contributed by atoms with Crippen LogP contribution in [0, 0.1) is 0 Å². The Labute approximate surface area is 166 Å². The molecule has 0 spiro atoms. The minimum Gasteiger partial charge on any atom is -0.494 e. The van der Waals surface area contributed by atoms with Crippen LogP contribution in [0.5, 0.6) is 5.75 Å². The van der Waals surface area contributed by atoms with Crippen molar-refractivity contribution in [2.45, 2.75) is 19.3 Å². The van der Waals surface area contributed by atoms with Gasteiger partial charge in [0.1, 0.15) is 11.3 Å². The molecule has 0 unspecified atom stereocenters. The third kappa shape index (κ3) is 4.51. The summed E-state index contributed by atoms with van der Waals surface area (Å²) in [5, 5.41) is 3.51. The normalized spacial score (nSPS) is 13.1. The number of carbonyl (C=O) groups excluding carboxylic acids is 3. The highest BCUT2D eigenvalue weighted by atomic mass is 32.2. The number of methoxy groups -OCH3 is 1. The maximum absolute atomic E-state index is 12.6. The molecule has 0 aliphatic heterocycles. The van der Waals surface area contributed by atoms with E-state index in [0.717, 1.165) is 25.0 Å². The third-order valence-corrected chi connectivity index (χ3v) is 5.17. The van der Waals surface area contributed by atoms with E-state index >= 15 is 0 Å². The van der Waals surface area contributed by atoms with Gasteiger partial charge in [0.15, 0.2) is 0 Å². The lowest BCUT2D eigenvalue weighted by Crippen LogP contribution is -2.17. The molecule has 0 radical (unpaired) electrons. The van der Waals surface area contributed by atoms with Crippen LogP contribution in [0.3, 0.4) is 0 Å². The number of Topliss-reactive ketones (excluding diaryl/α,β-unsaturated/α-hetero) is 1. The quantitative estimate of drug-likeness (QED) is 0.463. The van der Waals surface area contributed by atoms with Crippen LogP contribution < -0.4 is 4.74 Å². The summed E-state index contributed by atoms with van der Waals surface area (Å²) >= 11 is 1.29. The number of ether oxygens (including phenoxy) is 2. The van der Waals surface area contributed by atoms with E-state index in [9.17, 15) is 14.4 Å². The van der Waals surface area contributed by atoms with Crippen molar-refractivity contribution in [1.29, 1.82) is 0 Å². The van der Waals surface area contributed by atoms with Crippen LogP contribution in [0.4, 0.5) is 0 Å². The SMILES string of the molecule is COC(=O)c1noc2c1C(=O)C(SCCCCCOc1ccccc1)=CC2=O. The Balaban J connectivity index is 1.46. The number of hydrogen-bond acceptors (Lipinski definition) is 8. The van der Waals surface area contributed by atoms with Crippen molar-refractivity contribution in [1.82, 2.24) is 5.16 Å². The molecule has 0 saturated heterocycles. The largest absolute Gasteiger partial charge is 0.494 e. The topological polar surface area (TPSA) is 95.7 Å². The number of unbranched alkanes of at least 4 members (excludes halogenated alkanes) is 2. The van der Waals surface area contributed by atoms with Gasteiger partial charge < -0.3 is 14.0 Å². The van der Waals surface area contributed by atoms with Gasteiger partial charge in [-0.15, -0.1) is 11.8 Å². The fourth-order valence-corrected chi connectivity index (χ4v) is 3.65. The van der Waals surface area contributed by atoms with Crippen molar-refractivity contribution >= 4 is 29.3 Å². The third-order valence-electron chi connectivity index (χ3n) is 4.07. The van der Waals surface area contributed by atoms with E-state index < -0.39 is 17.5 Å². The number of para-hydroxylation sites is 1. The number of allylic oxidation sites excluding steroid dienone is 2. The predicted molar refractivity (Wildman–Crippen MR) is 103 cm³/mol. The first-order valence-corrected chi connectivity index (χ1v) is 9.79. The lowest BCUT2D eigenvalue weighted by molar-refractivity contribution is 0.0586. The van der Waals surface area contributed by atoms with Crippen LogP contribution in [0.15, 0.2) is 45.8 Å². The number of thioether (sulfide) groups is 1. The number of fused-ring (bicyclic) bond motifs is 1. The van der Waals surface area contributed by atoms with Gasteiger partial charge in [0.25, 0.3) is 0 Å². The summed E-state index contributed by atoms with van der Waals surface area (Å²) in [5.74, 6) is -0.419. The zero-order valence-corrected chi connectivity index (χ0v) is 16.1. The molecule has 8 heteroatoms. The first kappa shape index (κ1) is 19.9. The maximum Gasteiger partial charge on any atom is 0.361 e. The Hall–Kier alpha value is -2.87. The van der Waals surface area contributed by atoms with E-state index in [0.29, 0.717) is 12.4 Å². The molecule has 146 valence electrons. The molecule has 1 aromatic heterocycles. The van der Waals surface area contributed by atoms with Crippen molar-refractivity contribution in [3.05, 3.63) is 58.3 Å². The van der Waals surface area contributed by atoms with E-state index in [1.54, 1.807) is 0 Å². The van der Waals surface area contributed by atoms with Gasteiger partial charge in [-0.1, -0.05) is 23.4 Å². The monoisotopic (exact) mass is 401 g/mol. The van der Waals surface area contributed by atoms with E-state index in [4.69, 9.17) is 9.26 Å². The molecule has 1 aliphatic rings. The Morgan fingerprint density at radius 3 is 2.68 bits per heavy atom. The van der Waals surface area contributed by atoms with Crippen molar-refractivity contribution in [2.75, 3.05) is 19.5 Å². The van der Waals surface area contributed by atoms with E-state index in [1.807, 2.05) is 30.3 Å². The van der Waals surface area contributed by atoms with E-state index in [1.165, 1.54) is 24.9 Å². The van der Waals surface area contributed by atoms with Crippen molar-refractivity contribution in [3.8, 4) is 5.75 Å². The van der Waals surface area contributed by atoms with Gasteiger partial charge in [-0.2, -0.15) is 0 Å².